The fourth-order valence-corrected chi connectivity index (χ4v) is 4.38. The summed E-state index contributed by atoms with van der Waals surface area (Å²) >= 11 is 0. The van der Waals surface area contributed by atoms with Gasteiger partial charge in [0.2, 0.25) is 21.8 Å². The highest BCUT2D eigenvalue weighted by Crippen LogP contribution is 2.23. The van der Waals surface area contributed by atoms with Crippen LogP contribution in [-0.4, -0.2) is 64.2 Å². The van der Waals surface area contributed by atoms with Crippen LogP contribution < -0.4 is 19.1 Å². The number of ether oxygens (including phenoxy) is 2. The van der Waals surface area contributed by atoms with E-state index in [0.29, 0.717) is 30.3 Å². The van der Waals surface area contributed by atoms with E-state index < -0.39 is 28.5 Å². The van der Waals surface area contributed by atoms with Gasteiger partial charge in [-0.3, -0.25) is 13.9 Å². The van der Waals surface area contributed by atoms with Crippen molar-refractivity contribution < 1.29 is 27.5 Å². The average molecular weight is 520 g/mol. The molecule has 0 heterocycles. The van der Waals surface area contributed by atoms with Crippen molar-refractivity contribution in [1.29, 1.82) is 0 Å². The van der Waals surface area contributed by atoms with E-state index >= 15 is 0 Å². The third kappa shape index (κ3) is 8.44. The lowest BCUT2D eigenvalue weighted by atomic mass is 10.1. The second-order valence-corrected chi connectivity index (χ2v) is 10.3. The summed E-state index contributed by atoms with van der Waals surface area (Å²) in [6, 6.07) is 12.8. The second-order valence-electron chi connectivity index (χ2n) is 8.39. The molecule has 1 N–H and O–H groups in total. The first-order valence-corrected chi connectivity index (χ1v) is 13.9. The molecular weight excluding hydrogens is 482 g/mol. The summed E-state index contributed by atoms with van der Waals surface area (Å²) in [7, 11) is -2.23. The Morgan fingerprint density at radius 1 is 1.00 bits per heavy atom. The topological polar surface area (TPSA) is 105 Å². The number of unbranched alkanes of at least 4 members (excludes halogenated alkanes) is 1. The van der Waals surface area contributed by atoms with Crippen molar-refractivity contribution in [3.05, 3.63) is 54.1 Å². The molecule has 0 aromatic heterocycles. The van der Waals surface area contributed by atoms with Crippen LogP contribution in [0.5, 0.6) is 11.5 Å². The zero-order valence-corrected chi connectivity index (χ0v) is 22.5. The van der Waals surface area contributed by atoms with Gasteiger partial charge in [-0.05, 0) is 62.2 Å². The second kappa shape index (κ2) is 13.7. The molecule has 198 valence electrons. The maximum absolute atomic E-state index is 13.5. The van der Waals surface area contributed by atoms with Crippen molar-refractivity contribution >= 4 is 27.5 Å². The van der Waals surface area contributed by atoms with E-state index in [-0.39, 0.29) is 12.5 Å². The Bertz CT molecular complexity index is 1090. The number of methoxy groups -OCH3 is 1. The van der Waals surface area contributed by atoms with Crippen LogP contribution in [0.3, 0.4) is 0 Å². The number of benzene rings is 2. The van der Waals surface area contributed by atoms with Crippen LogP contribution in [0.25, 0.3) is 0 Å². The summed E-state index contributed by atoms with van der Waals surface area (Å²) in [5, 5.41) is 2.86. The molecule has 2 aromatic carbocycles. The van der Waals surface area contributed by atoms with E-state index in [9.17, 15) is 18.0 Å². The molecule has 0 saturated heterocycles. The standard InChI is InChI=1S/C26H37N3O6S/c1-6-8-17-27-26(31)20(3)28(18-21-9-13-23(34-4)14-10-21)25(30)19-29(36(5,32)33)22-11-15-24(16-12-22)35-7-2/h9-16,20H,6-8,17-19H2,1-5H3,(H,27,31)/t20-/m1/s1. The number of sulfonamides is 1. The number of nitrogens with zero attached hydrogens (tertiary/aromatic N) is 2. The van der Waals surface area contributed by atoms with Crippen LogP contribution in [0.2, 0.25) is 0 Å². The summed E-state index contributed by atoms with van der Waals surface area (Å²) in [6.07, 6.45) is 2.80. The molecule has 0 aliphatic rings. The molecule has 0 fully saturated rings. The van der Waals surface area contributed by atoms with Crippen molar-refractivity contribution in [2.75, 3.05) is 37.4 Å². The van der Waals surface area contributed by atoms with Gasteiger partial charge in [-0.25, -0.2) is 8.42 Å². The van der Waals surface area contributed by atoms with Crippen LogP contribution in [-0.2, 0) is 26.2 Å². The fraction of sp³-hybridized carbons (Fsp3) is 0.462. The molecule has 2 amide bonds. The van der Waals surface area contributed by atoms with Gasteiger partial charge in [-0.1, -0.05) is 25.5 Å². The van der Waals surface area contributed by atoms with Gasteiger partial charge < -0.3 is 19.7 Å². The summed E-state index contributed by atoms with van der Waals surface area (Å²) in [4.78, 5) is 27.8. The third-order valence-corrected chi connectivity index (χ3v) is 6.76. The first-order chi connectivity index (χ1) is 17.1. The van der Waals surface area contributed by atoms with Gasteiger partial charge >= 0.3 is 0 Å². The van der Waals surface area contributed by atoms with Crippen molar-refractivity contribution in [3.8, 4) is 11.5 Å². The van der Waals surface area contributed by atoms with Crippen molar-refractivity contribution in [3.63, 3.8) is 0 Å². The lowest BCUT2D eigenvalue weighted by Gasteiger charge is -2.31. The lowest BCUT2D eigenvalue weighted by molar-refractivity contribution is -0.139. The van der Waals surface area contributed by atoms with Crippen molar-refractivity contribution in [2.45, 2.75) is 46.2 Å². The van der Waals surface area contributed by atoms with Crippen LogP contribution in [0.4, 0.5) is 5.69 Å². The molecule has 9 nitrogen and oxygen atoms in total. The molecule has 0 radical (unpaired) electrons. The van der Waals surface area contributed by atoms with E-state index in [0.717, 1.165) is 29.0 Å². The van der Waals surface area contributed by atoms with Gasteiger partial charge in [-0.15, -0.1) is 0 Å². The molecule has 10 heteroatoms. The predicted octanol–water partition coefficient (Wildman–Crippen LogP) is 3.19. The number of hydrogen-bond donors (Lipinski definition) is 1. The molecule has 0 spiro atoms. The van der Waals surface area contributed by atoms with Crippen molar-refractivity contribution in [1.82, 2.24) is 10.2 Å². The number of nitrogens with one attached hydrogen (secondary N) is 1. The number of hydrogen-bond acceptors (Lipinski definition) is 6. The highest BCUT2D eigenvalue weighted by Gasteiger charge is 2.30. The Morgan fingerprint density at radius 3 is 2.14 bits per heavy atom. The normalized spacial score (nSPS) is 11.9. The highest BCUT2D eigenvalue weighted by molar-refractivity contribution is 7.92. The number of carbonyl (C=O) groups is 2. The first kappa shape index (κ1) is 29.0. The Balaban J connectivity index is 2.32. The van der Waals surface area contributed by atoms with E-state index in [4.69, 9.17) is 9.47 Å². The minimum absolute atomic E-state index is 0.131. The smallest absolute Gasteiger partial charge is 0.244 e. The number of rotatable bonds is 14. The molecule has 2 rings (SSSR count). The van der Waals surface area contributed by atoms with Crippen LogP contribution in [0, 0.1) is 0 Å². The van der Waals surface area contributed by atoms with Gasteiger partial charge in [0.1, 0.15) is 24.1 Å². The zero-order chi connectivity index (χ0) is 26.7. The quantitative estimate of drug-likeness (QED) is 0.385. The van der Waals surface area contributed by atoms with E-state index in [1.807, 2.05) is 26.0 Å². The van der Waals surface area contributed by atoms with Crippen molar-refractivity contribution in [2.24, 2.45) is 0 Å². The lowest BCUT2D eigenvalue weighted by Crippen LogP contribution is -2.51. The Morgan fingerprint density at radius 2 is 1.61 bits per heavy atom. The molecule has 36 heavy (non-hydrogen) atoms. The minimum Gasteiger partial charge on any atom is -0.497 e. The maximum Gasteiger partial charge on any atom is 0.244 e. The fourth-order valence-electron chi connectivity index (χ4n) is 3.54. The monoisotopic (exact) mass is 519 g/mol. The SMILES string of the molecule is CCCCNC(=O)[C@@H](C)N(Cc1ccc(OC)cc1)C(=O)CN(c1ccc(OCC)cc1)S(C)(=O)=O. The molecule has 0 saturated carbocycles. The maximum atomic E-state index is 13.5. The predicted molar refractivity (Wildman–Crippen MR) is 141 cm³/mol. The van der Waals surface area contributed by atoms with Gasteiger partial charge in [0.15, 0.2) is 0 Å². The number of carbonyl (C=O) groups excluding carboxylic acids is 2. The molecule has 0 unspecified atom stereocenters. The van der Waals surface area contributed by atoms with Gasteiger partial charge in [-0.2, -0.15) is 0 Å². The molecule has 0 aliphatic carbocycles. The molecule has 0 bridgehead atoms. The molecule has 0 aliphatic heterocycles. The Kier molecular flexibility index (Phi) is 11.0. The number of anilines is 1. The third-order valence-electron chi connectivity index (χ3n) is 5.62. The zero-order valence-electron chi connectivity index (χ0n) is 21.7. The summed E-state index contributed by atoms with van der Waals surface area (Å²) in [6.45, 7) is 6.19. The Labute approximate surface area is 214 Å². The largest absolute Gasteiger partial charge is 0.497 e. The summed E-state index contributed by atoms with van der Waals surface area (Å²) < 4.78 is 36.9. The van der Waals surface area contributed by atoms with Gasteiger partial charge in [0.25, 0.3) is 0 Å². The summed E-state index contributed by atoms with van der Waals surface area (Å²) in [5.41, 5.74) is 1.11. The Hall–Kier alpha value is -3.27. The van der Waals surface area contributed by atoms with E-state index in [2.05, 4.69) is 5.32 Å². The highest BCUT2D eigenvalue weighted by atomic mass is 32.2. The van der Waals surface area contributed by atoms with Gasteiger partial charge in [0, 0.05) is 13.1 Å². The minimum atomic E-state index is -3.79. The number of amides is 2. The first-order valence-electron chi connectivity index (χ1n) is 12.0. The van der Waals surface area contributed by atoms with Crippen LogP contribution in [0.15, 0.2) is 48.5 Å². The van der Waals surface area contributed by atoms with Crippen LogP contribution in [0.1, 0.15) is 39.2 Å². The van der Waals surface area contributed by atoms with E-state index in [1.165, 1.54) is 4.90 Å². The summed E-state index contributed by atoms with van der Waals surface area (Å²) in [5.74, 6) is 0.473. The molecular formula is C26H37N3O6S. The van der Waals surface area contributed by atoms with E-state index in [1.54, 1.807) is 50.4 Å². The van der Waals surface area contributed by atoms with Gasteiger partial charge in [0.05, 0.1) is 25.7 Å². The molecule has 2 aromatic rings. The average Bonchev–Trinajstić information content (AvgIpc) is 2.86. The van der Waals surface area contributed by atoms with Crippen LogP contribution >= 0.6 is 0 Å². The molecule has 1 atom stereocenters.